The smallest absolute Gasteiger partial charge is 0.274 e. The third-order valence-electron chi connectivity index (χ3n) is 9.27. The van der Waals surface area contributed by atoms with E-state index < -0.39 is 6.10 Å². The van der Waals surface area contributed by atoms with Crippen molar-refractivity contribution in [2.45, 2.75) is 65.1 Å². The van der Waals surface area contributed by atoms with E-state index in [1.54, 1.807) is 4.90 Å². The van der Waals surface area contributed by atoms with E-state index in [0.29, 0.717) is 49.5 Å². The summed E-state index contributed by atoms with van der Waals surface area (Å²) in [6.07, 6.45) is 1.02. The Hall–Kier alpha value is -2.87. The van der Waals surface area contributed by atoms with Crippen LogP contribution in [0.2, 0.25) is 0 Å². The Morgan fingerprint density at radius 1 is 1.11 bits per heavy atom. The number of carbonyl (C=O) groups is 2. The first kappa shape index (κ1) is 23.5. The molecule has 6 rings (SSSR count). The number of piperazine rings is 1. The molecular weight excluding hydrogens is 454 g/mol. The molecule has 1 aromatic carbocycles. The van der Waals surface area contributed by atoms with Crippen LogP contribution in [0.3, 0.4) is 0 Å². The Labute approximate surface area is 212 Å². The number of aryl methyl sites for hydroxylation is 1. The van der Waals surface area contributed by atoms with Crippen molar-refractivity contribution >= 4 is 17.5 Å². The highest BCUT2D eigenvalue weighted by molar-refractivity contribution is 5.95. The van der Waals surface area contributed by atoms with E-state index in [9.17, 15) is 14.7 Å². The monoisotopic (exact) mass is 491 g/mol. The van der Waals surface area contributed by atoms with E-state index in [4.69, 9.17) is 5.10 Å². The van der Waals surface area contributed by atoms with Crippen LogP contribution < -0.4 is 4.90 Å². The lowest BCUT2D eigenvalue weighted by molar-refractivity contribution is -0.132. The molecule has 1 N–H and O–H groups in total. The third kappa shape index (κ3) is 3.72. The number of hydrogen-bond acceptors (Lipinski definition) is 5. The van der Waals surface area contributed by atoms with Crippen LogP contribution in [0.4, 0.5) is 5.69 Å². The molecule has 1 aromatic heterocycles. The number of β-amino-alcohol motifs (C(OH)–C–C–N with tert-alkyl or cyclic N) is 1. The van der Waals surface area contributed by atoms with Gasteiger partial charge in [0.15, 0.2) is 5.69 Å². The lowest BCUT2D eigenvalue weighted by Gasteiger charge is -2.37. The van der Waals surface area contributed by atoms with Crippen LogP contribution in [0.1, 0.15) is 59.1 Å². The maximum Gasteiger partial charge on any atom is 0.274 e. The normalized spacial score (nSPS) is 28.9. The molecule has 8 nitrogen and oxygen atoms in total. The molecule has 3 fully saturated rings. The van der Waals surface area contributed by atoms with Gasteiger partial charge in [-0.15, -0.1) is 0 Å². The molecule has 5 atom stereocenters. The number of benzene rings is 1. The number of carbonyl (C=O) groups excluding carboxylic acids is 2. The second-order valence-corrected chi connectivity index (χ2v) is 11.4. The quantitative estimate of drug-likeness (QED) is 0.710. The van der Waals surface area contributed by atoms with Crippen molar-refractivity contribution in [2.24, 2.45) is 11.8 Å². The number of amides is 2. The summed E-state index contributed by atoms with van der Waals surface area (Å²) in [4.78, 5) is 32.9. The van der Waals surface area contributed by atoms with Crippen molar-refractivity contribution in [3.8, 4) is 0 Å². The number of likely N-dealkylation sites (tertiary alicyclic amines) is 1. The molecular formula is C28H37N5O3. The van der Waals surface area contributed by atoms with Crippen molar-refractivity contribution < 1.29 is 14.7 Å². The van der Waals surface area contributed by atoms with E-state index in [-0.39, 0.29) is 24.4 Å². The summed E-state index contributed by atoms with van der Waals surface area (Å²) in [5.74, 6) is 1.49. The van der Waals surface area contributed by atoms with Crippen LogP contribution in [0.25, 0.3) is 0 Å². The molecule has 0 spiro atoms. The van der Waals surface area contributed by atoms with Crippen LogP contribution in [0.5, 0.6) is 0 Å². The van der Waals surface area contributed by atoms with Gasteiger partial charge >= 0.3 is 0 Å². The highest BCUT2D eigenvalue weighted by Crippen LogP contribution is 2.62. The largest absolute Gasteiger partial charge is 0.391 e. The minimum atomic E-state index is -0.476. The van der Waals surface area contributed by atoms with E-state index in [0.717, 1.165) is 30.8 Å². The zero-order valence-electron chi connectivity index (χ0n) is 21.8. The van der Waals surface area contributed by atoms with Crippen LogP contribution in [-0.4, -0.2) is 81.4 Å². The molecule has 0 radical (unpaired) electrons. The van der Waals surface area contributed by atoms with Gasteiger partial charge in [-0.3, -0.25) is 14.3 Å². The summed E-state index contributed by atoms with van der Waals surface area (Å²) in [6.45, 7) is 12.1. The minimum absolute atomic E-state index is 0.00269. The molecule has 3 heterocycles. The number of nitrogens with zero attached hydrogens (tertiary/aromatic N) is 5. The predicted octanol–water partition coefficient (Wildman–Crippen LogP) is 2.35. The topological polar surface area (TPSA) is 81.9 Å². The average molecular weight is 492 g/mol. The molecule has 0 bridgehead atoms. The van der Waals surface area contributed by atoms with Gasteiger partial charge in [0.05, 0.1) is 6.10 Å². The van der Waals surface area contributed by atoms with Gasteiger partial charge in [0.1, 0.15) is 6.54 Å². The van der Waals surface area contributed by atoms with E-state index in [2.05, 4.69) is 43.9 Å². The summed E-state index contributed by atoms with van der Waals surface area (Å²) >= 11 is 0. The van der Waals surface area contributed by atoms with Crippen molar-refractivity contribution in [3.05, 3.63) is 46.3 Å². The summed E-state index contributed by atoms with van der Waals surface area (Å²) in [5, 5.41) is 14.8. The number of aliphatic hydroxyl groups is 1. The molecule has 2 aliphatic carbocycles. The van der Waals surface area contributed by atoms with Crippen molar-refractivity contribution in [2.75, 3.05) is 37.6 Å². The van der Waals surface area contributed by atoms with Gasteiger partial charge in [-0.05, 0) is 68.6 Å². The molecule has 4 aliphatic rings. The molecule has 192 valence electrons. The molecule has 2 aromatic rings. The highest BCUT2D eigenvalue weighted by atomic mass is 16.3. The Kier molecular flexibility index (Phi) is 5.63. The summed E-state index contributed by atoms with van der Waals surface area (Å²) in [7, 11) is 0. The lowest BCUT2D eigenvalue weighted by atomic mass is 10.1. The number of hydrogen-bond donors (Lipinski definition) is 1. The Bertz CT molecular complexity index is 1210. The standard InChI is InChI=1S/C28H37N5O3/c1-16-6-5-7-22(18(16)3)30-8-10-31(11-9-30)24(35)15-33-23-13-21-19(4)25(21)26(23)27(29-33)28(36)32-14-20(34)12-17(32)2/h5-7,17,19-21,25,34H,8-15H2,1-4H3/t17-,19?,20-,21?,25?/m1/s1. The third-order valence-corrected chi connectivity index (χ3v) is 9.27. The van der Waals surface area contributed by atoms with Crippen molar-refractivity contribution in [3.63, 3.8) is 0 Å². The SMILES string of the molecule is Cc1cccc(N2CCN(C(=O)Cn3nc(C(=O)N4C[C@H](O)C[C@H]4C)c4c3CC3C(C)C43)CC2)c1C. The van der Waals surface area contributed by atoms with Crippen molar-refractivity contribution in [1.82, 2.24) is 19.6 Å². The fraction of sp³-hybridized carbons (Fsp3) is 0.607. The van der Waals surface area contributed by atoms with E-state index in [1.807, 2.05) is 16.5 Å². The highest BCUT2D eigenvalue weighted by Gasteiger charge is 2.57. The molecule has 36 heavy (non-hydrogen) atoms. The molecule has 2 aliphatic heterocycles. The fourth-order valence-electron chi connectivity index (χ4n) is 6.85. The summed E-state index contributed by atoms with van der Waals surface area (Å²) in [5.41, 5.74) is 6.49. The van der Waals surface area contributed by atoms with E-state index >= 15 is 0 Å². The molecule has 3 unspecified atom stereocenters. The molecule has 8 heteroatoms. The van der Waals surface area contributed by atoms with Gasteiger partial charge < -0.3 is 19.8 Å². The summed E-state index contributed by atoms with van der Waals surface area (Å²) < 4.78 is 1.82. The van der Waals surface area contributed by atoms with Gasteiger partial charge in [-0.1, -0.05) is 19.1 Å². The molecule has 1 saturated carbocycles. The first-order valence-corrected chi connectivity index (χ1v) is 13.4. The van der Waals surface area contributed by atoms with Gasteiger partial charge in [0.25, 0.3) is 5.91 Å². The number of aromatic nitrogens is 2. The molecule has 2 amide bonds. The Morgan fingerprint density at radius 2 is 1.86 bits per heavy atom. The van der Waals surface area contributed by atoms with Gasteiger partial charge in [0.2, 0.25) is 5.91 Å². The Balaban J connectivity index is 1.17. The average Bonchev–Trinajstić information content (AvgIpc) is 3.18. The number of rotatable bonds is 4. The first-order chi connectivity index (χ1) is 17.2. The minimum Gasteiger partial charge on any atom is -0.391 e. The second kappa shape index (κ2) is 8.61. The van der Waals surface area contributed by atoms with Crippen molar-refractivity contribution in [1.29, 1.82) is 0 Å². The number of aliphatic hydroxyl groups excluding tert-OH is 1. The van der Waals surface area contributed by atoms with Gasteiger partial charge in [-0.2, -0.15) is 5.10 Å². The van der Waals surface area contributed by atoms with Gasteiger partial charge in [-0.25, -0.2) is 0 Å². The van der Waals surface area contributed by atoms with E-state index in [1.165, 1.54) is 16.8 Å². The number of anilines is 1. The lowest BCUT2D eigenvalue weighted by Crippen LogP contribution is -2.50. The predicted molar refractivity (Wildman–Crippen MR) is 137 cm³/mol. The van der Waals surface area contributed by atoms with Crippen LogP contribution in [0, 0.1) is 25.7 Å². The maximum atomic E-state index is 13.5. The van der Waals surface area contributed by atoms with Crippen LogP contribution >= 0.6 is 0 Å². The first-order valence-electron chi connectivity index (χ1n) is 13.4. The maximum absolute atomic E-state index is 13.5. The van der Waals surface area contributed by atoms with Crippen LogP contribution in [-0.2, 0) is 17.8 Å². The Morgan fingerprint density at radius 3 is 2.56 bits per heavy atom. The number of fused-ring (bicyclic) bond motifs is 3. The zero-order valence-corrected chi connectivity index (χ0v) is 21.8. The van der Waals surface area contributed by atoms with Crippen LogP contribution in [0.15, 0.2) is 18.2 Å². The van der Waals surface area contributed by atoms with Gasteiger partial charge in [0, 0.05) is 55.7 Å². The second-order valence-electron chi connectivity index (χ2n) is 11.4. The summed E-state index contributed by atoms with van der Waals surface area (Å²) in [6, 6.07) is 6.40. The zero-order chi connectivity index (χ0) is 25.3. The fourth-order valence-corrected chi connectivity index (χ4v) is 6.85. The molecule has 2 saturated heterocycles.